The maximum absolute atomic E-state index is 11.7. The topological polar surface area (TPSA) is 64.3 Å². The van der Waals surface area contributed by atoms with Gasteiger partial charge in [0, 0.05) is 0 Å². The summed E-state index contributed by atoms with van der Waals surface area (Å²) in [6, 6.07) is 5.58. The molecule has 0 fully saturated rings. The largest absolute Gasteiger partial charge is 0.444 e. The number of halogens is 1. The lowest BCUT2D eigenvalue weighted by Gasteiger charge is -2.23. The summed E-state index contributed by atoms with van der Waals surface area (Å²) < 4.78 is 5.20. The van der Waals surface area contributed by atoms with Crippen LogP contribution in [-0.2, 0) is 11.2 Å². The Bertz CT molecular complexity index is 507. The van der Waals surface area contributed by atoms with Crippen molar-refractivity contribution in [3.05, 3.63) is 28.8 Å². The molecule has 21 heavy (non-hydrogen) atoms. The molecule has 0 aliphatic rings. The Hall–Kier alpha value is -1.26. The molecule has 0 radical (unpaired) electrons. The van der Waals surface area contributed by atoms with E-state index >= 15 is 0 Å². The summed E-state index contributed by atoms with van der Waals surface area (Å²) >= 11 is 6.22. The number of carbonyl (C=O) groups excluding carboxylic acids is 1. The Morgan fingerprint density at radius 1 is 1.29 bits per heavy atom. The van der Waals surface area contributed by atoms with Crippen molar-refractivity contribution in [2.45, 2.75) is 46.6 Å². The summed E-state index contributed by atoms with van der Waals surface area (Å²) in [4.78, 5) is 11.7. The summed E-state index contributed by atoms with van der Waals surface area (Å²) in [5.74, 6) is 0. The summed E-state index contributed by atoms with van der Waals surface area (Å²) in [6.45, 7) is 10.2. The zero-order valence-electron chi connectivity index (χ0n) is 13.4. The molecule has 0 aliphatic heterocycles. The van der Waals surface area contributed by atoms with Gasteiger partial charge < -0.3 is 10.5 Å². The molecule has 1 aromatic carbocycles. The molecule has 0 heterocycles. The number of amides is 1. The van der Waals surface area contributed by atoms with Crippen molar-refractivity contribution in [2.75, 3.05) is 11.9 Å². The molecule has 0 saturated heterocycles. The van der Waals surface area contributed by atoms with Gasteiger partial charge in [-0.1, -0.05) is 31.5 Å². The normalized spacial score (nSPS) is 12.1. The van der Waals surface area contributed by atoms with Crippen LogP contribution in [0.1, 0.15) is 40.2 Å². The number of benzene rings is 1. The monoisotopic (exact) mass is 312 g/mol. The van der Waals surface area contributed by atoms with Crippen molar-refractivity contribution in [3.8, 4) is 0 Å². The van der Waals surface area contributed by atoms with E-state index in [1.54, 1.807) is 6.07 Å². The molecule has 5 heteroatoms. The first kappa shape index (κ1) is 17.8. The van der Waals surface area contributed by atoms with Crippen molar-refractivity contribution < 1.29 is 9.53 Å². The zero-order valence-corrected chi connectivity index (χ0v) is 14.2. The summed E-state index contributed by atoms with van der Waals surface area (Å²) in [5, 5.41) is 3.14. The van der Waals surface area contributed by atoms with Gasteiger partial charge in [-0.15, -0.1) is 0 Å². The van der Waals surface area contributed by atoms with E-state index in [1.165, 1.54) is 0 Å². The standard InChI is InChI=1S/C16H25ClN2O2/c1-15(2,3)21-14(20)19-13-7-6-11(8-12(13)17)9-16(4,5)10-18/h6-8H,9-10,18H2,1-5H3,(H,19,20). The highest BCUT2D eigenvalue weighted by molar-refractivity contribution is 6.33. The molecule has 0 atom stereocenters. The molecule has 3 N–H and O–H groups in total. The van der Waals surface area contributed by atoms with Crippen molar-refractivity contribution in [2.24, 2.45) is 11.1 Å². The van der Waals surface area contributed by atoms with Gasteiger partial charge in [0.05, 0.1) is 10.7 Å². The Morgan fingerprint density at radius 3 is 2.38 bits per heavy atom. The predicted octanol–water partition coefficient (Wildman–Crippen LogP) is 4.21. The third-order valence-electron chi connectivity index (χ3n) is 2.90. The molecule has 0 aliphatic carbocycles. The highest BCUT2D eigenvalue weighted by Gasteiger charge is 2.19. The Labute approximate surface area is 132 Å². The number of carbonyl (C=O) groups is 1. The van der Waals surface area contributed by atoms with Gasteiger partial charge in [-0.2, -0.15) is 0 Å². The SMILES string of the molecule is CC(C)(CN)Cc1ccc(NC(=O)OC(C)(C)C)c(Cl)c1. The van der Waals surface area contributed by atoms with E-state index in [1.807, 2.05) is 32.9 Å². The number of nitrogens with two attached hydrogens (primary N) is 1. The fourth-order valence-electron chi connectivity index (χ4n) is 1.81. The Kier molecular flexibility index (Phi) is 5.65. The van der Waals surface area contributed by atoms with Crippen LogP contribution in [-0.4, -0.2) is 18.2 Å². The average Bonchev–Trinajstić information content (AvgIpc) is 2.30. The molecule has 1 rings (SSSR count). The van der Waals surface area contributed by atoms with Crippen LogP contribution < -0.4 is 11.1 Å². The quantitative estimate of drug-likeness (QED) is 0.875. The highest BCUT2D eigenvalue weighted by atomic mass is 35.5. The molecule has 0 saturated carbocycles. The third kappa shape index (κ3) is 6.36. The molecule has 1 aromatic rings. The van der Waals surface area contributed by atoms with E-state index in [4.69, 9.17) is 22.1 Å². The molecule has 118 valence electrons. The lowest BCUT2D eigenvalue weighted by molar-refractivity contribution is 0.0636. The lowest BCUT2D eigenvalue weighted by Crippen LogP contribution is -2.27. The first-order valence-corrected chi connectivity index (χ1v) is 7.39. The van der Waals surface area contributed by atoms with Crippen LogP contribution in [0.2, 0.25) is 5.02 Å². The van der Waals surface area contributed by atoms with Gasteiger partial charge in [0.1, 0.15) is 5.60 Å². The fourth-order valence-corrected chi connectivity index (χ4v) is 2.06. The molecule has 1 amide bonds. The van der Waals surface area contributed by atoms with Crippen molar-refractivity contribution in [1.29, 1.82) is 0 Å². The van der Waals surface area contributed by atoms with Crippen LogP contribution in [0.3, 0.4) is 0 Å². The second kappa shape index (κ2) is 6.67. The lowest BCUT2D eigenvalue weighted by atomic mass is 9.86. The van der Waals surface area contributed by atoms with Gasteiger partial charge in [0.2, 0.25) is 0 Å². The first-order valence-electron chi connectivity index (χ1n) is 7.01. The van der Waals surface area contributed by atoms with E-state index in [-0.39, 0.29) is 5.41 Å². The third-order valence-corrected chi connectivity index (χ3v) is 3.22. The van der Waals surface area contributed by atoms with Gasteiger partial charge in [0.15, 0.2) is 0 Å². The minimum absolute atomic E-state index is 0.0173. The van der Waals surface area contributed by atoms with E-state index in [2.05, 4.69) is 19.2 Å². The maximum atomic E-state index is 11.7. The number of ether oxygens (including phenoxy) is 1. The Morgan fingerprint density at radius 2 is 1.90 bits per heavy atom. The molecular formula is C16H25ClN2O2. The first-order chi connectivity index (χ1) is 9.52. The Balaban J connectivity index is 2.77. The number of nitrogens with one attached hydrogen (secondary N) is 1. The number of anilines is 1. The van der Waals surface area contributed by atoms with E-state index in [0.717, 1.165) is 12.0 Å². The van der Waals surface area contributed by atoms with Crippen LogP contribution in [0, 0.1) is 5.41 Å². The van der Waals surface area contributed by atoms with Gasteiger partial charge in [-0.3, -0.25) is 5.32 Å². The van der Waals surface area contributed by atoms with Crippen LogP contribution in [0.15, 0.2) is 18.2 Å². The van der Waals surface area contributed by atoms with Gasteiger partial charge in [0.25, 0.3) is 0 Å². The van der Waals surface area contributed by atoms with Crippen LogP contribution in [0.25, 0.3) is 0 Å². The summed E-state index contributed by atoms with van der Waals surface area (Å²) in [7, 11) is 0. The van der Waals surface area contributed by atoms with Crippen molar-refractivity contribution in [3.63, 3.8) is 0 Å². The second-order valence-electron chi connectivity index (χ2n) is 6.99. The van der Waals surface area contributed by atoms with Crippen molar-refractivity contribution in [1.82, 2.24) is 0 Å². The van der Waals surface area contributed by atoms with Crippen LogP contribution in [0.4, 0.5) is 10.5 Å². The molecule has 0 bridgehead atoms. The molecule has 4 nitrogen and oxygen atoms in total. The van der Waals surface area contributed by atoms with E-state index in [0.29, 0.717) is 17.3 Å². The molecule has 0 spiro atoms. The van der Waals surface area contributed by atoms with Gasteiger partial charge in [-0.25, -0.2) is 4.79 Å². The maximum Gasteiger partial charge on any atom is 0.412 e. The van der Waals surface area contributed by atoms with Crippen LogP contribution >= 0.6 is 11.6 Å². The van der Waals surface area contributed by atoms with Crippen molar-refractivity contribution >= 4 is 23.4 Å². The second-order valence-corrected chi connectivity index (χ2v) is 7.39. The van der Waals surface area contributed by atoms with Gasteiger partial charge >= 0.3 is 6.09 Å². The smallest absolute Gasteiger partial charge is 0.412 e. The van der Waals surface area contributed by atoms with Crippen LogP contribution in [0.5, 0.6) is 0 Å². The fraction of sp³-hybridized carbons (Fsp3) is 0.562. The number of hydrogen-bond donors (Lipinski definition) is 2. The number of hydrogen-bond acceptors (Lipinski definition) is 3. The molecular weight excluding hydrogens is 288 g/mol. The average molecular weight is 313 g/mol. The van der Waals surface area contributed by atoms with Gasteiger partial charge in [-0.05, 0) is 56.8 Å². The summed E-state index contributed by atoms with van der Waals surface area (Å²) in [5.41, 5.74) is 6.85. The minimum atomic E-state index is -0.540. The molecule has 0 aromatic heterocycles. The number of rotatable bonds is 4. The van der Waals surface area contributed by atoms with E-state index in [9.17, 15) is 4.79 Å². The molecule has 0 unspecified atom stereocenters. The summed E-state index contributed by atoms with van der Waals surface area (Å²) in [6.07, 6.45) is 0.315. The van der Waals surface area contributed by atoms with E-state index < -0.39 is 11.7 Å². The highest BCUT2D eigenvalue weighted by Crippen LogP contribution is 2.27. The predicted molar refractivity (Wildman–Crippen MR) is 87.8 cm³/mol. The minimum Gasteiger partial charge on any atom is -0.444 e. The zero-order chi connectivity index (χ0) is 16.3.